The molecule has 1 saturated heterocycles. The Hall–Kier alpha value is -2.19. The summed E-state index contributed by atoms with van der Waals surface area (Å²) in [6, 6.07) is 11.1. The second kappa shape index (κ2) is 6.85. The Labute approximate surface area is 157 Å². The molecule has 136 valence electrons. The molecule has 1 N–H and O–H groups in total. The highest BCUT2D eigenvalue weighted by Gasteiger charge is 2.26. The first kappa shape index (κ1) is 17.2. The van der Waals surface area contributed by atoms with Crippen molar-refractivity contribution in [2.75, 3.05) is 16.2 Å². The van der Waals surface area contributed by atoms with Crippen LogP contribution in [0.25, 0.3) is 11.0 Å². The van der Waals surface area contributed by atoms with E-state index in [-0.39, 0.29) is 4.21 Å². The van der Waals surface area contributed by atoms with Gasteiger partial charge in [-0.25, -0.2) is 18.4 Å². The van der Waals surface area contributed by atoms with Gasteiger partial charge in [-0.15, -0.1) is 11.3 Å². The first-order valence-electron chi connectivity index (χ1n) is 8.64. The third-order valence-electron chi connectivity index (χ3n) is 4.62. The molecule has 1 fully saturated rings. The molecule has 8 heteroatoms. The van der Waals surface area contributed by atoms with E-state index < -0.39 is 10.0 Å². The minimum atomic E-state index is -3.68. The summed E-state index contributed by atoms with van der Waals surface area (Å²) >= 11 is 1.18. The standard InChI is InChI=1S/C18H20N4O2S2/c1-13-7-4-5-11-22(13)18-17(19-14-8-2-3-9-15(14)20-18)21-26(23,24)16-10-6-12-25-16/h2-3,6,8-10,12-13H,4-5,7,11H2,1H3,(H,19,21). The first-order chi connectivity index (χ1) is 12.5. The van der Waals surface area contributed by atoms with Crippen LogP contribution in [-0.4, -0.2) is 31.0 Å². The van der Waals surface area contributed by atoms with Crippen LogP contribution >= 0.6 is 11.3 Å². The van der Waals surface area contributed by atoms with Gasteiger partial charge in [-0.3, -0.25) is 4.72 Å². The number of hydrogen-bond acceptors (Lipinski definition) is 6. The fourth-order valence-electron chi connectivity index (χ4n) is 3.27. The molecular formula is C18H20N4O2S2. The minimum absolute atomic E-state index is 0.269. The summed E-state index contributed by atoms with van der Waals surface area (Å²) in [5, 5.41) is 1.74. The largest absolute Gasteiger partial charge is 0.351 e. The number of nitrogens with one attached hydrogen (secondary N) is 1. The molecule has 1 aliphatic heterocycles. The van der Waals surface area contributed by atoms with Gasteiger partial charge in [0.25, 0.3) is 10.0 Å². The van der Waals surface area contributed by atoms with Gasteiger partial charge in [-0.1, -0.05) is 18.2 Å². The van der Waals surface area contributed by atoms with E-state index in [9.17, 15) is 8.42 Å². The average molecular weight is 389 g/mol. The predicted molar refractivity (Wildman–Crippen MR) is 105 cm³/mol. The molecule has 3 aromatic rings. The Morgan fingerprint density at radius 2 is 1.88 bits per heavy atom. The molecule has 0 aliphatic carbocycles. The summed E-state index contributed by atoms with van der Waals surface area (Å²) in [6.07, 6.45) is 3.30. The van der Waals surface area contributed by atoms with Crippen molar-refractivity contribution in [2.45, 2.75) is 36.4 Å². The lowest BCUT2D eigenvalue weighted by Gasteiger charge is -2.35. The fourth-order valence-corrected chi connectivity index (χ4v) is 5.26. The van der Waals surface area contributed by atoms with Crippen molar-refractivity contribution in [2.24, 2.45) is 0 Å². The molecule has 1 aromatic carbocycles. The Kier molecular flexibility index (Phi) is 4.54. The van der Waals surface area contributed by atoms with Crippen molar-refractivity contribution in [1.82, 2.24) is 9.97 Å². The smallest absolute Gasteiger partial charge is 0.272 e. The van der Waals surface area contributed by atoms with Crippen LogP contribution in [0.15, 0.2) is 46.0 Å². The molecule has 0 bridgehead atoms. The normalized spacial score (nSPS) is 18.2. The molecule has 0 saturated carbocycles. The zero-order valence-corrected chi connectivity index (χ0v) is 16.1. The molecule has 2 aromatic heterocycles. The van der Waals surface area contributed by atoms with Crippen molar-refractivity contribution >= 4 is 44.0 Å². The van der Waals surface area contributed by atoms with Crippen LogP contribution in [-0.2, 0) is 10.0 Å². The molecular weight excluding hydrogens is 368 g/mol. The summed E-state index contributed by atoms with van der Waals surface area (Å²) in [4.78, 5) is 11.5. The van der Waals surface area contributed by atoms with Crippen LogP contribution in [0.4, 0.5) is 11.6 Å². The number of sulfonamides is 1. The molecule has 0 radical (unpaired) electrons. The zero-order chi connectivity index (χ0) is 18.1. The number of para-hydroxylation sites is 2. The molecule has 4 rings (SSSR count). The molecule has 1 atom stereocenters. The minimum Gasteiger partial charge on any atom is -0.351 e. The number of fused-ring (bicyclic) bond motifs is 1. The molecule has 1 unspecified atom stereocenters. The van der Waals surface area contributed by atoms with Crippen LogP contribution in [0.3, 0.4) is 0 Å². The number of aromatic nitrogens is 2. The van der Waals surface area contributed by atoms with Crippen molar-refractivity contribution in [3.63, 3.8) is 0 Å². The van der Waals surface area contributed by atoms with Gasteiger partial charge < -0.3 is 4.90 Å². The summed E-state index contributed by atoms with van der Waals surface area (Å²) in [5.41, 5.74) is 1.43. The van der Waals surface area contributed by atoms with Gasteiger partial charge in [0.05, 0.1) is 11.0 Å². The SMILES string of the molecule is CC1CCCCN1c1nc2ccccc2nc1NS(=O)(=O)c1cccs1. The van der Waals surface area contributed by atoms with Crippen LogP contribution < -0.4 is 9.62 Å². The van der Waals surface area contributed by atoms with E-state index in [1.54, 1.807) is 17.5 Å². The molecule has 0 amide bonds. The van der Waals surface area contributed by atoms with Crippen LogP contribution in [0, 0.1) is 0 Å². The van der Waals surface area contributed by atoms with Gasteiger partial charge in [0.15, 0.2) is 11.6 Å². The summed E-state index contributed by atoms with van der Waals surface area (Å²) in [7, 11) is -3.68. The van der Waals surface area contributed by atoms with Crippen LogP contribution in [0.1, 0.15) is 26.2 Å². The lowest BCUT2D eigenvalue weighted by atomic mass is 10.0. The number of anilines is 2. The monoisotopic (exact) mass is 388 g/mol. The number of nitrogens with zero attached hydrogens (tertiary/aromatic N) is 3. The third kappa shape index (κ3) is 3.26. The van der Waals surface area contributed by atoms with E-state index in [4.69, 9.17) is 4.98 Å². The fraction of sp³-hybridized carbons (Fsp3) is 0.333. The van der Waals surface area contributed by atoms with Crippen LogP contribution in [0.5, 0.6) is 0 Å². The summed E-state index contributed by atoms with van der Waals surface area (Å²) in [5.74, 6) is 0.905. The van der Waals surface area contributed by atoms with Gasteiger partial charge in [0, 0.05) is 12.6 Å². The maximum Gasteiger partial charge on any atom is 0.272 e. The van der Waals surface area contributed by atoms with E-state index in [0.29, 0.717) is 23.2 Å². The van der Waals surface area contributed by atoms with E-state index in [1.165, 1.54) is 17.8 Å². The molecule has 6 nitrogen and oxygen atoms in total. The zero-order valence-electron chi connectivity index (χ0n) is 14.4. The average Bonchev–Trinajstić information content (AvgIpc) is 3.17. The molecule has 26 heavy (non-hydrogen) atoms. The van der Waals surface area contributed by atoms with Crippen molar-refractivity contribution in [3.8, 4) is 0 Å². The second-order valence-electron chi connectivity index (χ2n) is 6.46. The number of piperidine rings is 1. The lowest BCUT2D eigenvalue weighted by Crippen LogP contribution is -2.38. The second-order valence-corrected chi connectivity index (χ2v) is 9.32. The lowest BCUT2D eigenvalue weighted by molar-refractivity contribution is 0.482. The Bertz CT molecular complexity index is 1020. The first-order valence-corrected chi connectivity index (χ1v) is 11.0. The summed E-state index contributed by atoms with van der Waals surface area (Å²) < 4.78 is 28.4. The molecule has 1 aliphatic rings. The third-order valence-corrected chi connectivity index (χ3v) is 7.35. The highest BCUT2D eigenvalue weighted by atomic mass is 32.2. The van der Waals surface area contributed by atoms with E-state index >= 15 is 0 Å². The van der Waals surface area contributed by atoms with Crippen molar-refractivity contribution in [3.05, 3.63) is 41.8 Å². The van der Waals surface area contributed by atoms with E-state index in [0.717, 1.165) is 24.9 Å². The quantitative estimate of drug-likeness (QED) is 0.734. The Morgan fingerprint density at radius 3 is 2.58 bits per heavy atom. The van der Waals surface area contributed by atoms with Gasteiger partial charge in [0.1, 0.15) is 4.21 Å². The Balaban J connectivity index is 1.82. The van der Waals surface area contributed by atoms with Crippen LogP contribution in [0.2, 0.25) is 0 Å². The maximum atomic E-state index is 12.7. The Morgan fingerprint density at radius 1 is 1.12 bits per heavy atom. The number of thiophene rings is 1. The number of rotatable bonds is 4. The number of benzene rings is 1. The highest BCUT2D eigenvalue weighted by Crippen LogP contribution is 2.32. The van der Waals surface area contributed by atoms with Gasteiger partial charge in [-0.2, -0.15) is 0 Å². The van der Waals surface area contributed by atoms with E-state index in [1.807, 2.05) is 24.3 Å². The number of hydrogen-bond donors (Lipinski definition) is 1. The van der Waals surface area contributed by atoms with Gasteiger partial charge in [-0.05, 0) is 49.8 Å². The van der Waals surface area contributed by atoms with Gasteiger partial charge >= 0.3 is 0 Å². The molecule has 0 spiro atoms. The van der Waals surface area contributed by atoms with Crippen molar-refractivity contribution in [1.29, 1.82) is 0 Å². The van der Waals surface area contributed by atoms with E-state index in [2.05, 4.69) is 21.5 Å². The van der Waals surface area contributed by atoms with Crippen molar-refractivity contribution < 1.29 is 8.42 Å². The predicted octanol–water partition coefficient (Wildman–Crippen LogP) is 3.87. The molecule has 3 heterocycles. The maximum absolute atomic E-state index is 12.7. The summed E-state index contributed by atoms with van der Waals surface area (Å²) in [6.45, 7) is 3.00. The topological polar surface area (TPSA) is 75.2 Å². The highest BCUT2D eigenvalue weighted by molar-refractivity contribution is 7.94. The van der Waals surface area contributed by atoms with Gasteiger partial charge in [0.2, 0.25) is 0 Å².